The van der Waals surface area contributed by atoms with Crippen LogP contribution in [0.1, 0.15) is 0 Å². The molecule has 20 heavy (non-hydrogen) atoms. The van der Waals surface area contributed by atoms with E-state index in [4.69, 9.17) is 0 Å². The summed E-state index contributed by atoms with van der Waals surface area (Å²) in [6, 6.07) is 8.83. The van der Waals surface area contributed by atoms with Crippen molar-refractivity contribution in [3.05, 3.63) is 48.3 Å². The van der Waals surface area contributed by atoms with Crippen LogP contribution in [-0.4, -0.2) is 20.6 Å². The van der Waals surface area contributed by atoms with Gasteiger partial charge in [0.2, 0.25) is 0 Å². The van der Waals surface area contributed by atoms with E-state index in [1.165, 1.54) is 12.1 Å². The fourth-order valence-electron chi connectivity index (χ4n) is 1.59. The lowest BCUT2D eigenvalue weighted by molar-refractivity contribution is 0.477. The maximum atomic E-state index is 12.8. The summed E-state index contributed by atoms with van der Waals surface area (Å²) in [4.78, 5) is -0.0897. The molecule has 0 bridgehead atoms. The number of hydrogen-bond donors (Lipinski definition) is 3. The van der Waals surface area contributed by atoms with Gasteiger partial charge >= 0.3 is 0 Å². The van der Waals surface area contributed by atoms with Crippen molar-refractivity contribution in [1.29, 1.82) is 0 Å². The standard InChI is InChI=1S/C13H13FN2O3S/c1-15-10-4-7-13(17)12(8-10)16-20(18,19)11-5-2-9(14)3-6-11/h2-8,15-17H,1H3. The fourth-order valence-corrected chi connectivity index (χ4v) is 2.66. The Bertz CT molecular complexity index is 715. The lowest BCUT2D eigenvalue weighted by atomic mass is 10.2. The molecule has 0 unspecified atom stereocenters. The van der Waals surface area contributed by atoms with Crippen molar-refractivity contribution in [2.45, 2.75) is 4.90 Å². The Kier molecular flexibility index (Phi) is 3.80. The first-order valence-electron chi connectivity index (χ1n) is 5.71. The molecular formula is C13H13FN2O3S. The van der Waals surface area contributed by atoms with Gasteiger partial charge < -0.3 is 10.4 Å². The molecule has 3 N–H and O–H groups in total. The SMILES string of the molecule is CNc1ccc(O)c(NS(=O)(=O)c2ccc(F)cc2)c1. The summed E-state index contributed by atoms with van der Waals surface area (Å²) in [6.45, 7) is 0. The minimum Gasteiger partial charge on any atom is -0.506 e. The zero-order valence-electron chi connectivity index (χ0n) is 10.6. The average molecular weight is 296 g/mol. The number of halogens is 1. The quantitative estimate of drug-likeness (QED) is 0.598. The van der Waals surface area contributed by atoms with Gasteiger partial charge in [0, 0.05) is 12.7 Å². The lowest BCUT2D eigenvalue weighted by Crippen LogP contribution is -2.13. The average Bonchev–Trinajstić information content (AvgIpc) is 2.41. The number of benzene rings is 2. The maximum Gasteiger partial charge on any atom is 0.262 e. The highest BCUT2D eigenvalue weighted by Gasteiger charge is 2.16. The molecule has 0 amide bonds. The molecule has 0 fully saturated rings. The molecule has 5 nitrogen and oxygen atoms in total. The van der Waals surface area contributed by atoms with E-state index in [9.17, 15) is 17.9 Å². The third-order valence-corrected chi connectivity index (χ3v) is 4.03. The van der Waals surface area contributed by atoms with E-state index in [-0.39, 0.29) is 16.3 Å². The van der Waals surface area contributed by atoms with Gasteiger partial charge in [0.1, 0.15) is 11.6 Å². The second-order valence-electron chi connectivity index (χ2n) is 4.04. The van der Waals surface area contributed by atoms with Crippen LogP contribution in [0, 0.1) is 5.82 Å². The molecule has 0 spiro atoms. The molecule has 0 saturated heterocycles. The predicted molar refractivity (Wildman–Crippen MR) is 74.9 cm³/mol. The molecule has 0 aliphatic rings. The molecule has 0 aliphatic heterocycles. The summed E-state index contributed by atoms with van der Waals surface area (Å²) in [5, 5.41) is 12.5. The zero-order valence-corrected chi connectivity index (χ0v) is 11.4. The van der Waals surface area contributed by atoms with Crippen LogP contribution in [0.25, 0.3) is 0 Å². The first-order valence-corrected chi connectivity index (χ1v) is 7.20. The van der Waals surface area contributed by atoms with Crippen molar-refractivity contribution in [2.24, 2.45) is 0 Å². The van der Waals surface area contributed by atoms with Gasteiger partial charge in [0.05, 0.1) is 10.6 Å². The van der Waals surface area contributed by atoms with Gasteiger partial charge in [-0.2, -0.15) is 0 Å². The zero-order chi connectivity index (χ0) is 14.8. The van der Waals surface area contributed by atoms with Gasteiger partial charge in [0.25, 0.3) is 10.0 Å². The summed E-state index contributed by atoms with van der Waals surface area (Å²) in [5.41, 5.74) is 0.681. The van der Waals surface area contributed by atoms with Crippen LogP contribution in [0.15, 0.2) is 47.4 Å². The topological polar surface area (TPSA) is 78.4 Å². The van der Waals surface area contributed by atoms with Crippen molar-refractivity contribution < 1.29 is 17.9 Å². The number of aromatic hydroxyl groups is 1. The van der Waals surface area contributed by atoms with E-state index in [0.717, 1.165) is 24.3 Å². The Morgan fingerprint density at radius 2 is 1.75 bits per heavy atom. The van der Waals surface area contributed by atoms with Crippen LogP contribution >= 0.6 is 0 Å². The maximum absolute atomic E-state index is 12.8. The van der Waals surface area contributed by atoms with Crippen molar-refractivity contribution in [3.63, 3.8) is 0 Å². The minimum atomic E-state index is -3.88. The van der Waals surface area contributed by atoms with Gasteiger partial charge in [-0.1, -0.05) is 0 Å². The molecule has 106 valence electrons. The highest BCUT2D eigenvalue weighted by molar-refractivity contribution is 7.92. The summed E-state index contributed by atoms with van der Waals surface area (Å²) in [7, 11) is -2.21. The van der Waals surface area contributed by atoms with Crippen LogP contribution in [-0.2, 0) is 10.0 Å². The first kappa shape index (κ1) is 14.1. The molecule has 0 aromatic heterocycles. The number of sulfonamides is 1. The summed E-state index contributed by atoms with van der Waals surface area (Å²) < 4.78 is 39.3. The second-order valence-corrected chi connectivity index (χ2v) is 5.72. The molecule has 0 radical (unpaired) electrons. The number of rotatable bonds is 4. The highest BCUT2D eigenvalue weighted by Crippen LogP contribution is 2.28. The Morgan fingerprint density at radius 1 is 1.10 bits per heavy atom. The molecule has 0 atom stereocenters. The number of nitrogens with one attached hydrogen (secondary N) is 2. The molecule has 0 saturated carbocycles. The van der Waals surface area contributed by atoms with Gasteiger partial charge in [-0.3, -0.25) is 4.72 Å². The summed E-state index contributed by atoms with van der Waals surface area (Å²) in [6.07, 6.45) is 0. The van der Waals surface area contributed by atoms with E-state index in [1.807, 2.05) is 0 Å². The molecule has 0 heterocycles. The molecule has 2 aromatic carbocycles. The van der Waals surface area contributed by atoms with E-state index in [2.05, 4.69) is 10.0 Å². The third kappa shape index (κ3) is 3.00. The van der Waals surface area contributed by atoms with Crippen molar-refractivity contribution >= 4 is 21.4 Å². The number of hydrogen-bond acceptors (Lipinski definition) is 4. The molecular weight excluding hydrogens is 283 g/mol. The monoisotopic (exact) mass is 296 g/mol. The van der Waals surface area contributed by atoms with E-state index in [0.29, 0.717) is 5.69 Å². The van der Waals surface area contributed by atoms with Gasteiger partial charge in [-0.25, -0.2) is 12.8 Å². The van der Waals surface area contributed by atoms with Crippen molar-refractivity contribution in [3.8, 4) is 5.75 Å². The van der Waals surface area contributed by atoms with Crippen LogP contribution in [0.4, 0.5) is 15.8 Å². The minimum absolute atomic E-state index is 0.0428. The summed E-state index contributed by atoms with van der Waals surface area (Å²) in [5.74, 6) is -0.723. The van der Waals surface area contributed by atoms with Crippen LogP contribution in [0.2, 0.25) is 0 Å². The molecule has 7 heteroatoms. The third-order valence-electron chi connectivity index (χ3n) is 2.65. The first-order chi connectivity index (χ1) is 9.42. The molecule has 0 aliphatic carbocycles. The highest BCUT2D eigenvalue weighted by atomic mass is 32.2. The van der Waals surface area contributed by atoms with Crippen LogP contribution in [0.3, 0.4) is 0 Å². The number of phenolic OH excluding ortho intramolecular Hbond substituents is 1. The van der Waals surface area contributed by atoms with Gasteiger partial charge in [0.15, 0.2) is 0 Å². The fraction of sp³-hybridized carbons (Fsp3) is 0.0769. The predicted octanol–water partition coefficient (Wildman–Crippen LogP) is 2.37. The normalized spacial score (nSPS) is 11.1. The number of phenols is 1. The van der Waals surface area contributed by atoms with Crippen molar-refractivity contribution in [1.82, 2.24) is 0 Å². The Hall–Kier alpha value is -2.28. The van der Waals surface area contributed by atoms with E-state index in [1.54, 1.807) is 13.1 Å². The van der Waals surface area contributed by atoms with E-state index < -0.39 is 15.8 Å². The molecule has 2 aromatic rings. The summed E-state index contributed by atoms with van der Waals surface area (Å²) >= 11 is 0. The molecule has 2 rings (SSSR count). The largest absolute Gasteiger partial charge is 0.506 e. The van der Waals surface area contributed by atoms with Crippen LogP contribution < -0.4 is 10.0 Å². The Labute approximate surface area is 116 Å². The van der Waals surface area contributed by atoms with Gasteiger partial charge in [-0.15, -0.1) is 0 Å². The Balaban J connectivity index is 2.35. The second kappa shape index (κ2) is 5.38. The lowest BCUT2D eigenvalue weighted by Gasteiger charge is -2.11. The van der Waals surface area contributed by atoms with Crippen molar-refractivity contribution in [2.75, 3.05) is 17.1 Å². The van der Waals surface area contributed by atoms with E-state index >= 15 is 0 Å². The Morgan fingerprint density at radius 3 is 2.35 bits per heavy atom. The smallest absolute Gasteiger partial charge is 0.262 e. The van der Waals surface area contributed by atoms with Crippen LogP contribution in [0.5, 0.6) is 5.75 Å². The number of anilines is 2. The van der Waals surface area contributed by atoms with Gasteiger partial charge in [-0.05, 0) is 42.5 Å².